The molecule has 0 radical (unpaired) electrons. The van der Waals surface area contributed by atoms with Crippen molar-refractivity contribution in [2.45, 2.75) is 128 Å². The lowest BCUT2D eigenvalue weighted by Crippen LogP contribution is -2.72. The van der Waals surface area contributed by atoms with Gasteiger partial charge in [-0.05, 0) is 23.6 Å². The lowest BCUT2D eigenvalue weighted by Gasteiger charge is -2.53. The number of carbonyl (C=O) groups is 3. The third-order valence-electron chi connectivity index (χ3n) is 9.51. The van der Waals surface area contributed by atoms with Crippen molar-refractivity contribution in [1.82, 2.24) is 0 Å². The molecule has 2 heterocycles. The predicted octanol–water partition coefficient (Wildman–Crippen LogP) is 5.92. The Hall–Kier alpha value is -4.43. The second-order valence-corrected chi connectivity index (χ2v) is 20.3. The Kier molecular flexibility index (Phi) is 16.4. The number of esters is 3. The minimum absolute atomic E-state index is 0.0737. The molecule has 3 aromatic rings. The molecule has 0 bridgehead atoms. The molecule has 59 heavy (non-hydrogen) atoms. The highest BCUT2D eigenvalue weighted by Gasteiger charge is 2.62. The van der Waals surface area contributed by atoms with Gasteiger partial charge in [-0.3, -0.25) is 14.4 Å². The van der Waals surface area contributed by atoms with Gasteiger partial charge in [0.15, 0.2) is 30.2 Å². The van der Waals surface area contributed by atoms with Crippen LogP contribution in [-0.2, 0) is 81.6 Å². The Bertz CT molecular complexity index is 1860. The van der Waals surface area contributed by atoms with Gasteiger partial charge in [0.05, 0.1) is 32.5 Å². The molecule has 2 aliphatic heterocycles. The minimum Gasteiger partial charge on any atom is -0.456 e. The van der Waals surface area contributed by atoms with Crippen LogP contribution in [0.25, 0.3) is 0 Å². The predicted molar refractivity (Wildman–Crippen MR) is 218 cm³/mol. The fraction of sp³-hybridized carbons (Fsp3) is 0.489. The van der Waals surface area contributed by atoms with E-state index in [2.05, 4.69) is 31.1 Å². The summed E-state index contributed by atoms with van der Waals surface area (Å²) in [6.45, 7) is 11.9. The molecule has 0 aromatic heterocycles. The molecule has 318 valence electrons. The van der Waals surface area contributed by atoms with E-state index in [0.717, 1.165) is 16.7 Å². The fourth-order valence-electron chi connectivity index (χ4n) is 6.90. The highest BCUT2D eigenvalue weighted by molar-refractivity contribution is 6.83. The van der Waals surface area contributed by atoms with Crippen molar-refractivity contribution in [1.29, 1.82) is 0 Å². The molecule has 6 unspecified atom stereocenters. The van der Waals surface area contributed by atoms with Gasteiger partial charge in [-0.25, -0.2) is 0 Å². The average Bonchev–Trinajstić information content (AvgIpc) is 3.19. The van der Waals surface area contributed by atoms with Crippen LogP contribution in [0.2, 0.25) is 19.6 Å². The van der Waals surface area contributed by atoms with Crippen LogP contribution in [0.4, 0.5) is 0 Å². The van der Waals surface area contributed by atoms with Gasteiger partial charge in [0.1, 0.15) is 26.4 Å². The molecule has 2 saturated heterocycles. The van der Waals surface area contributed by atoms with Crippen molar-refractivity contribution in [2.24, 2.45) is 0 Å². The zero-order valence-electron chi connectivity index (χ0n) is 35.0. The van der Waals surface area contributed by atoms with Crippen LogP contribution in [0.1, 0.15) is 44.4 Å². The topological polar surface area (TPSA) is 144 Å². The highest BCUT2D eigenvalue weighted by Crippen LogP contribution is 2.42. The molecule has 14 heteroatoms. The van der Waals surface area contributed by atoms with Gasteiger partial charge in [-0.2, -0.15) is 0 Å². The molecular weight excluding hydrogens is 777 g/mol. The quantitative estimate of drug-likeness (QED) is 0.0730. The maximum atomic E-state index is 12.8. The Morgan fingerprint density at radius 2 is 1.14 bits per heavy atom. The SMILES string of the molecule is CO[C@H]1OC(COCc2ccccc2)[C@@](C#C[Si](C)(C)C)(O[C@@H]2OC(C)[C@H](OC(C)=O)C(OC(C)=O)C2OC(C)=O)C(OCc2ccccc2)C1OCc1ccccc1. The summed E-state index contributed by atoms with van der Waals surface area (Å²) in [5, 5.41) is 0. The van der Waals surface area contributed by atoms with Crippen LogP contribution in [0.15, 0.2) is 91.0 Å². The third-order valence-corrected chi connectivity index (χ3v) is 10.4. The molecule has 3 aromatic carbocycles. The summed E-state index contributed by atoms with van der Waals surface area (Å²) in [5.41, 5.74) is 4.36. The molecule has 0 amide bonds. The van der Waals surface area contributed by atoms with E-state index in [1.54, 1.807) is 6.92 Å². The number of carbonyl (C=O) groups excluding carboxylic acids is 3. The maximum Gasteiger partial charge on any atom is 0.303 e. The molecule has 5 rings (SSSR count). The summed E-state index contributed by atoms with van der Waals surface area (Å²) in [6.07, 6.45) is -10.5. The number of hydrogen-bond donors (Lipinski definition) is 0. The molecule has 2 aliphatic rings. The van der Waals surface area contributed by atoms with Gasteiger partial charge in [0, 0.05) is 27.9 Å². The van der Waals surface area contributed by atoms with Crippen molar-refractivity contribution in [3.05, 3.63) is 108 Å². The number of hydrogen-bond acceptors (Lipinski definition) is 13. The van der Waals surface area contributed by atoms with Crippen molar-refractivity contribution >= 4 is 26.0 Å². The van der Waals surface area contributed by atoms with E-state index in [1.807, 2.05) is 91.0 Å². The van der Waals surface area contributed by atoms with Crippen molar-refractivity contribution in [2.75, 3.05) is 13.7 Å². The molecule has 10 atom stereocenters. The van der Waals surface area contributed by atoms with Gasteiger partial charge in [0.2, 0.25) is 6.29 Å². The van der Waals surface area contributed by atoms with Crippen LogP contribution in [0.5, 0.6) is 0 Å². The standard InChI is InChI=1S/C45H56O13Si/c1-30-38(54-31(2)46)39(55-32(3)47)40(56-33(4)48)44(53-30)58-45(24-25-59(6,7)8)37(29-50-26-34-18-12-9-13-19-34)57-43(49-5)41(51-27-35-20-14-10-15-21-35)42(45)52-28-36-22-16-11-17-23-36/h9-23,30,37-44H,26-29H2,1-8H3/t30?,37?,38-,39?,40?,41?,42?,43-,44-,45+/m0/s1. The molecule has 0 aliphatic carbocycles. The molecule has 0 N–H and O–H groups in total. The van der Waals surface area contributed by atoms with E-state index in [1.165, 1.54) is 27.9 Å². The first-order valence-electron chi connectivity index (χ1n) is 19.7. The molecule has 13 nitrogen and oxygen atoms in total. The lowest BCUT2D eigenvalue weighted by atomic mass is 9.83. The summed E-state index contributed by atoms with van der Waals surface area (Å²) < 4.78 is 63.8. The van der Waals surface area contributed by atoms with E-state index >= 15 is 0 Å². The monoisotopic (exact) mass is 832 g/mol. The zero-order valence-corrected chi connectivity index (χ0v) is 36.0. The Labute approximate surface area is 347 Å². The van der Waals surface area contributed by atoms with E-state index in [-0.39, 0.29) is 26.4 Å². The van der Waals surface area contributed by atoms with Gasteiger partial charge >= 0.3 is 17.9 Å². The van der Waals surface area contributed by atoms with Crippen LogP contribution in [-0.4, -0.2) is 101 Å². The smallest absolute Gasteiger partial charge is 0.303 e. The summed E-state index contributed by atoms with van der Waals surface area (Å²) >= 11 is 0. The first-order valence-corrected chi connectivity index (χ1v) is 23.2. The first kappa shape index (κ1) is 45.6. The van der Waals surface area contributed by atoms with Gasteiger partial charge < -0.3 is 47.4 Å². The van der Waals surface area contributed by atoms with Gasteiger partial charge in [-0.15, -0.1) is 5.54 Å². The number of benzene rings is 3. The fourth-order valence-corrected chi connectivity index (χ4v) is 7.47. The maximum absolute atomic E-state index is 12.8. The summed E-state index contributed by atoms with van der Waals surface area (Å²) in [7, 11) is -0.725. The van der Waals surface area contributed by atoms with E-state index in [9.17, 15) is 14.4 Å². The largest absolute Gasteiger partial charge is 0.456 e. The number of ether oxygens (including phenoxy) is 10. The molecule has 0 saturated carbocycles. The zero-order chi connectivity index (χ0) is 42.6. The second kappa shape index (κ2) is 21.2. The van der Waals surface area contributed by atoms with Crippen LogP contribution >= 0.6 is 0 Å². The van der Waals surface area contributed by atoms with Crippen LogP contribution < -0.4 is 0 Å². The minimum atomic E-state index is -2.24. The normalized spacial score (nSPS) is 28.1. The molecular formula is C45H56O13Si. The first-order chi connectivity index (χ1) is 28.2. The summed E-state index contributed by atoms with van der Waals surface area (Å²) in [4.78, 5) is 37.8. The van der Waals surface area contributed by atoms with Crippen molar-refractivity contribution < 1.29 is 61.8 Å². The van der Waals surface area contributed by atoms with Crippen LogP contribution in [0.3, 0.4) is 0 Å². The van der Waals surface area contributed by atoms with E-state index in [4.69, 9.17) is 47.4 Å². The summed E-state index contributed by atoms with van der Waals surface area (Å²) in [6, 6.07) is 28.9. The number of methoxy groups -OCH3 is 1. The highest BCUT2D eigenvalue weighted by atomic mass is 28.3. The van der Waals surface area contributed by atoms with Crippen molar-refractivity contribution in [3.63, 3.8) is 0 Å². The Balaban J connectivity index is 1.70. The second-order valence-electron chi connectivity index (χ2n) is 15.6. The lowest BCUT2D eigenvalue weighted by molar-refractivity contribution is -0.383. The number of rotatable bonds is 16. The third kappa shape index (κ3) is 12.8. The average molecular weight is 833 g/mol. The summed E-state index contributed by atoms with van der Waals surface area (Å²) in [5.74, 6) is 1.38. The molecule has 2 fully saturated rings. The molecule has 0 spiro atoms. The van der Waals surface area contributed by atoms with Gasteiger partial charge in [0.25, 0.3) is 0 Å². The van der Waals surface area contributed by atoms with E-state index in [0.29, 0.717) is 0 Å². The Morgan fingerprint density at radius 3 is 1.64 bits per heavy atom. The van der Waals surface area contributed by atoms with Gasteiger partial charge in [-0.1, -0.05) is 117 Å². The van der Waals surface area contributed by atoms with Crippen LogP contribution in [0, 0.1) is 11.5 Å². The van der Waals surface area contributed by atoms with Crippen molar-refractivity contribution in [3.8, 4) is 11.5 Å². The van der Waals surface area contributed by atoms with E-state index < -0.39 is 86.9 Å². The Morgan fingerprint density at radius 1 is 0.644 bits per heavy atom.